The maximum atomic E-state index is 12.2. The fourth-order valence-electron chi connectivity index (χ4n) is 3.02. The first kappa shape index (κ1) is 19.9. The summed E-state index contributed by atoms with van der Waals surface area (Å²) < 4.78 is 5.21. The van der Waals surface area contributed by atoms with Crippen LogP contribution in [0.25, 0.3) is 0 Å². The smallest absolute Gasteiger partial charge is 0.329 e. The number of hydrogen-bond donors (Lipinski definition) is 2. The van der Waals surface area contributed by atoms with Gasteiger partial charge in [-0.2, -0.15) is 0 Å². The van der Waals surface area contributed by atoms with Crippen LogP contribution in [0.3, 0.4) is 0 Å². The Morgan fingerprint density at radius 2 is 1.81 bits per heavy atom. The van der Waals surface area contributed by atoms with E-state index in [1.807, 2.05) is 13.0 Å². The van der Waals surface area contributed by atoms with Crippen molar-refractivity contribution in [2.75, 3.05) is 0 Å². The number of carbonyl (C=O) groups is 3. The van der Waals surface area contributed by atoms with Crippen molar-refractivity contribution in [1.29, 1.82) is 0 Å². The highest BCUT2D eigenvalue weighted by atomic mass is 16.5. The predicted octanol–water partition coefficient (Wildman–Crippen LogP) is 2.49. The van der Waals surface area contributed by atoms with E-state index < -0.39 is 18.1 Å². The van der Waals surface area contributed by atoms with Gasteiger partial charge < -0.3 is 15.4 Å². The standard InChI is InChI=1S/C20H28N2O4/c1-13-8-7-9-16(12-13)19(24)21-14(2)20(25)26-15(3)18(23)22-17-10-5-4-6-11-17/h7-9,12,14-15,17H,4-6,10-11H2,1-3H3,(H,21,24)(H,22,23)/t14-,15-/m1/s1. The zero-order chi connectivity index (χ0) is 19.1. The first-order chi connectivity index (χ1) is 12.4. The average Bonchev–Trinajstić information content (AvgIpc) is 2.62. The predicted molar refractivity (Wildman–Crippen MR) is 98.7 cm³/mol. The van der Waals surface area contributed by atoms with Crippen LogP contribution in [-0.4, -0.2) is 36.0 Å². The van der Waals surface area contributed by atoms with E-state index in [1.54, 1.807) is 32.0 Å². The molecule has 6 nitrogen and oxygen atoms in total. The van der Waals surface area contributed by atoms with Gasteiger partial charge in [0, 0.05) is 11.6 Å². The maximum Gasteiger partial charge on any atom is 0.329 e. The number of esters is 1. The van der Waals surface area contributed by atoms with Crippen molar-refractivity contribution in [2.45, 2.75) is 71.1 Å². The van der Waals surface area contributed by atoms with Gasteiger partial charge in [-0.15, -0.1) is 0 Å². The van der Waals surface area contributed by atoms with Crippen molar-refractivity contribution in [3.63, 3.8) is 0 Å². The van der Waals surface area contributed by atoms with Gasteiger partial charge in [-0.05, 0) is 45.7 Å². The van der Waals surface area contributed by atoms with Gasteiger partial charge in [-0.25, -0.2) is 4.79 Å². The molecule has 1 aliphatic carbocycles. The second kappa shape index (κ2) is 9.36. The Labute approximate surface area is 154 Å². The molecule has 6 heteroatoms. The number of aryl methyl sites for hydroxylation is 1. The Morgan fingerprint density at radius 1 is 1.12 bits per heavy atom. The van der Waals surface area contributed by atoms with Gasteiger partial charge in [-0.3, -0.25) is 9.59 Å². The van der Waals surface area contributed by atoms with Gasteiger partial charge in [0.1, 0.15) is 6.04 Å². The van der Waals surface area contributed by atoms with Crippen LogP contribution in [0.2, 0.25) is 0 Å². The molecule has 0 aromatic heterocycles. The van der Waals surface area contributed by atoms with Crippen LogP contribution in [0.4, 0.5) is 0 Å². The molecule has 0 radical (unpaired) electrons. The molecule has 26 heavy (non-hydrogen) atoms. The summed E-state index contributed by atoms with van der Waals surface area (Å²) in [5.74, 6) is -1.27. The van der Waals surface area contributed by atoms with E-state index in [1.165, 1.54) is 6.42 Å². The highest BCUT2D eigenvalue weighted by molar-refractivity contribution is 5.97. The summed E-state index contributed by atoms with van der Waals surface area (Å²) in [4.78, 5) is 36.5. The summed E-state index contributed by atoms with van der Waals surface area (Å²) in [5.41, 5.74) is 1.44. The Hall–Kier alpha value is -2.37. The van der Waals surface area contributed by atoms with Crippen molar-refractivity contribution < 1.29 is 19.1 Å². The van der Waals surface area contributed by atoms with E-state index >= 15 is 0 Å². The fraction of sp³-hybridized carbons (Fsp3) is 0.550. The quantitative estimate of drug-likeness (QED) is 0.764. The lowest BCUT2D eigenvalue weighted by Gasteiger charge is -2.24. The number of rotatable bonds is 6. The second-order valence-corrected chi connectivity index (χ2v) is 6.99. The zero-order valence-electron chi connectivity index (χ0n) is 15.7. The molecule has 142 valence electrons. The third-order valence-electron chi connectivity index (χ3n) is 4.60. The third kappa shape index (κ3) is 5.86. The Kier molecular flexibility index (Phi) is 7.18. The number of ether oxygens (including phenoxy) is 1. The molecule has 2 amide bonds. The van der Waals surface area contributed by atoms with Crippen molar-refractivity contribution >= 4 is 17.8 Å². The van der Waals surface area contributed by atoms with Crippen LogP contribution in [0, 0.1) is 6.92 Å². The molecule has 2 N–H and O–H groups in total. The van der Waals surface area contributed by atoms with E-state index in [2.05, 4.69) is 10.6 Å². The van der Waals surface area contributed by atoms with E-state index in [-0.39, 0.29) is 17.9 Å². The summed E-state index contributed by atoms with van der Waals surface area (Å²) in [6, 6.07) is 6.42. The van der Waals surface area contributed by atoms with Gasteiger partial charge in [-0.1, -0.05) is 37.0 Å². The number of carbonyl (C=O) groups excluding carboxylic acids is 3. The first-order valence-corrected chi connectivity index (χ1v) is 9.25. The summed E-state index contributed by atoms with van der Waals surface area (Å²) in [6.07, 6.45) is 4.48. The number of amides is 2. The molecular formula is C20H28N2O4. The largest absolute Gasteiger partial charge is 0.451 e. The Balaban J connectivity index is 1.81. The van der Waals surface area contributed by atoms with Crippen LogP contribution in [0.5, 0.6) is 0 Å². The van der Waals surface area contributed by atoms with Gasteiger partial charge in [0.25, 0.3) is 11.8 Å². The number of nitrogens with one attached hydrogen (secondary N) is 2. The molecule has 0 unspecified atom stereocenters. The van der Waals surface area contributed by atoms with Crippen LogP contribution >= 0.6 is 0 Å². The van der Waals surface area contributed by atoms with Crippen LogP contribution in [0.1, 0.15) is 61.9 Å². The second-order valence-electron chi connectivity index (χ2n) is 6.99. The Morgan fingerprint density at radius 3 is 2.46 bits per heavy atom. The molecule has 1 saturated carbocycles. The molecule has 1 aromatic rings. The highest BCUT2D eigenvalue weighted by Crippen LogP contribution is 2.17. The van der Waals surface area contributed by atoms with Crippen molar-refractivity contribution in [2.24, 2.45) is 0 Å². The normalized spacial score (nSPS) is 17.0. The lowest BCUT2D eigenvalue weighted by Crippen LogP contribution is -2.46. The van der Waals surface area contributed by atoms with E-state index in [4.69, 9.17) is 4.74 Å². The molecule has 0 spiro atoms. The molecule has 0 heterocycles. The van der Waals surface area contributed by atoms with Crippen molar-refractivity contribution in [1.82, 2.24) is 10.6 Å². The minimum atomic E-state index is -0.886. The SMILES string of the molecule is Cc1cccc(C(=O)N[C@H](C)C(=O)O[C@H](C)C(=O)NC2CCCCC2)c1. The summed E-state index contributed by atoms with van der Waals surface area (Å²) >= 11 is 0. The van der Waals surface area contributed by atoms with Crippen LogP contribution < -0.4 is 10.6 Å². The van der Waals surface area contributed by atoms with Gasteiger partial charge >= 0.3 is 5.97 Å². The summed E-state index contributed by atoms with van der Waals surface area (Å²) in [6.45, 7) is 4.98. The molecule has 0 saturated heterocycles. The molecule has 1 aliphatic rings. The minimum Gasteiger partial charge on any atom is -0.451 e. The number of benzene rings is 1. The third-order valence-corrected chi connectivity index (χ3v) is 4.60. The van der Waals surface area contributed by atoms with Crippen molar-refractivity contribution in [3.05, 3.63) is 35.4 Å². The molecule has 0 bridgehead atoms. The monoisotopic (exact) mass is 360 g/mol. The van der Waals surface area contributed by atoms with Crippen molar-refractivity contribution in [3.8, 4) is 0 Å². The zero-order valence-corrected chi connectivity index (χ0v) is 15.7. The van der Waals surface area contributed by atoms with Gasteiger partial charge in [0.2, 0.25) is 0 Å². The summed E-state index contributed by atoms with van der Waals surface area (Å²) in [7, 11) is 0. The van der Waals surface area contributed by atoms with Gasteiger partial charge in [0.15, 0.2) is 6.10 Å². The molecule has 2 rings (SSSR count). The first-order valence-electron chi connectivity index (χ1n) is 9.25. The molecule has 1 aromatic carbocycles. The lowest BCUT2D eigenvalue weighted by atomic mass is 9.95. The average molecular weight is 360 g/mol. The van der Waals surface area contributed by atoms with E-state index in [9.17, 15) is 14.4 Å². The van der Waals surface area contributed by atoms with E-state index in [0.29, 0.717) is 5.56 Å². The molecule has 0 aliphatic heterocycles. The maximum absolute atomic E-state index is 12.2. The highest BCUT2D eigenvalue weighted by Gasteiger charge is 2.25. The van der Waals surface area contributed by atoms with Gasteiger partial charge in [0.05, 0.1) is 0 Å². The lowest BCUT2D eigenvalue weighted by molar-refractivity contribution is -0.156. The molecule has 1 fully saturated rings. The summed E-state index contributed by atoms with van der Waals surface area (Å²) in [5, 5.41) is 5.54. The topological polar surface area (TPSA) is 84.5 Å². The number of hydrogen-bond acceptors (Lipinski definition) is 4. The van der Waals surface area contributed by atoms with Crippen LogP contribution in [0.15, 0.2) is 24.3 Å². The van der Waals surface area contributed by atoms with E-state index in [0.717, 1.165) is 31.2 Å². The molecule has 2 atom stereocenters. The fourth-order valence-corrected chi connectivity index (χ4v) is 3.02. The Bertz CT molecular complexity index is 653. The molecular weight excluding hydrogens is 332 g/mol. The van der Waals surface area contributed by atoms with Crippen LogP contribution in [-0.2, 0) is 14.3 Å². The minimum absolute atomic E-state index is 0.163.